The highest BCUT2D eigenvalue weighted by atomic mass is 79.9. The molecule has 5 heteroatoms. The molecule has 1 aromatic carbocycles. The van der Waals surface area contributed by atoms with Crippen LogP contribution in [0.3, 0.4) is 0 Å². The van der Waals surface area contributed by atoms with Crippen molar-refractivity contribution in [3.8, 4) is 0 Å². The molecule has 0 spiro atoms. The van der Waals surface area contributed by atoms with Gasteiger partial charge in [-0.25, -0.2) is 4.98 Å². The minimum atomic E-state index is 0.635. The maximum absolute atomic E-state index is 6.11. The summed E-state index contributed by atoms with van der Waals surface area (Å²) in [7, 11) is 0. The molecule has 0 fully saturated rings. The molecule has 18 heavy (non-hydrogen) atoms. The Kier molecular flexibility index (Phi) is 3.78. The number of aromatic nitrogens is 1. The van der Waals surface area contributed by atoms with Gasteiger partial charge in [-0.15, -0.1) is 0 Å². The Bertz CT molecular complexity index is 599. The van der Waals surface area contributed by atoms with Gasteiger partial charge in [0.25, 0.3) is 0 Å². The first-order valence-corrected chi connectivity index (χ1v) is 6.60. The van der Waals surface area contributed by atoms with Crippen LogP contribution in [0.2, 0.25) is 5.02 Å². The summed E-state index contributed by atoms with van der Waals surface area (Å²) in [5.41, 5.74) is 9.46. The molecule has 0 saturated heterocycles. The number of hydrogen-bond donors (Lipinski definition) is 2. The van der Waals surface area contributed by atoms with E-state index in [1.165, 1.54) is 0 Å². The first-order chi connectivity index (χ1) is 8.49. The van der Waals surface area contributed by atoms with Crippen LogP contribution in [-0.4, -0.2) is 4.98 Å². The zero-order chi connectivity index (χ0) is 13.3. The van der Waals surface area contributed by atoms with Crippen molar-refractivity contribution in [2.24, 2.45) is 0 Å². The molecule has 3 N–H and O–H groups in total. The van der Waals surface area contributed by atoms with E-state index in [0.29, 0.717) is 16.5 Å². The van der Waals surface area contributed by atoms with Crippen LogP contribution in [-0.2, 0) is 0 Å². The SMILES string of the molecule is Cc1cc(Br)c(Nc2nccc(C)c2N)cc1Cl. The van der Waals surface area contributed by atoms with Gasteiger partial charge in [0.05, 0.1) is 11.4 Å². The van der Waals surface area contributed by atoms with Gasteiger partial charge in [0.1, 0.15) is 0 Å². The maximum Gasteiger partial charge on any atom is 0.153 e. The highest BCUT2D eigenvalue weighted by molar-refractivity contribution is 9.10. The number of anilines is 3. The maximum atomic E-state index is 6.11. The van der Waals surface area contributed by atoms with Crippen LogP contribution < -0.4 is 11.1 Å². The second kappa shape index (κ2) is 5.16. The van der Waals surface area contributed by atoms with Crippen molar-refractivity contribution in [2.45, 2.75) is 13.8 Å². The van der Waals surface area contributed by atoms with E-state index < -0.39 is 0 Å². The average molecular weight is 327 g/mol. The molecule has 0 aliphatic heterocycles. The molecule has 3 nitrogen and oxygen atoms in total. The number of hydrogen-bond acceptors (Lipinski definition) is 3. The van der Waals surface area contributed by atoms with E-state index in [1.54, 1.807) is 6.20 Å². The fourth-order valence-corrected chi connectivity index (χ4v) is 2.26. The van der Waals surface area contributed by atoms with E-state index >= 15 is 0 Å². The molecule has 1 heterocycles. The number of nitrogens with one attached hydrogen (secondary N) is 1. The predicted molar refractivity (Wildman–Crippen MR) is 80.6 cm³/mol. The summed E-state index contributed by atoms with van der Waals surface area (Å²) in [6.07, 6.45) is 1.72. The number of aryl methyl sites for hydroxylation is 2. The lowest BCUT2D eigenvalue weighted by molar-refractivity contribution is 1.27. The number of pyridine rings is 1. The topological polar surface area (TPSA) is 50.9 Å². The highest BCUT2D eigenvalue weighted by Crippen LogP contribution is 2.32. The third-order valence-electron chi connectivity index (χ3n) is 2.71. The third-order valence-corrected chi connectivity index (χ3v) is 3.77. The van der Waals surface area contributed by atoms with E-state index in [2.05, 4.69) is 26.2 Å². The molecule has 2 rings (SSSR count). The number of halogens is 2. The van der Waals surface area contributed by atoms with Crippen LogP contribution in [0.4, 0.5) is 17.2 Å². The Balaban J connectivity index is 2.40. The van der Waals surface area contributed by atoms with Crippen LogP contribution in [0.25, 0.3) is 0 Å². The van der Waals surface area contributed by atoms with E-state index in [4.69, 9.17) is 17.3 Å². The van der Waals surface area contributed by atoms with Crippen LogP contribution in [0, 0.1) is 13.8 Å². The lowest BCUT2D eigenvalue weighted by Gasteiger charge is -2.12. The van der Waals surface area contributed by atoms with Gasteiger partial charge in [-0.05, 0) is 59.1 Å². The van der Waals surface area contributed by atoms with E-state index in [0.717, 1.165) is 21.3 Å². The summed E-state index contributed by atoms with van der Waals surface area (Å²) < 4.78 is 0.923. The van der Waals surface area contributed by atoms with Crippen molar-refractivity contribution in [1.82, 2.24) is 4.98 Å². The normalized spacial score (nSPS) is 10.4. The minimum Gasteiger partial charge on any atom is -0.396 e. The van der Waals surface area contributed by atoms with Gasteiger partial charge in [-0.2, -0.15) is 0 Å². The van der Waals surface area contributed by atoms with E-state index in [9.17, 15) is 0 Å². The van der Waals surface area contributed by atoms with Crippen molar-refractivity contribution >= 4 is 44.7 Å². The molecule has 0 unspecified atom stereocenters. The Morgan fingerprint density at radius 3 is 2.72 bits per heavy atom. The summed E-state index contributed by atoms with van der Waals surface area (Å²) >= 11 is 9.60. The number of nitrogen functional groups attached to an aromatic ring is 1. The largest absolute Gasteiger partial charge is 0.396 e. The molecule has 0 bridgehead atoms. The molecular formula is C13H13BrClN3. The van der Waals surface area contributed by atoms with Crippen molar-refractivity contribution in [2.75, 3.05) is 11.1 Å². The number of benzene rings is 1. The highest BCUT2D eigenvalue weighted by Gasteiger charge is 2.08. The third kappa shape index (κ3) is 2.60. The van der Waals surface area contributed by atoms with Gasteiger partial charge in [-0.1, -0.05) is 11.6 Å². The molecule has 0 radical (unpaired) electrons. The van der Waals surface area contributed by atoms with Gasteiger partial charge in [0.15, 0.2) is 5.82 Å². The van der Waals surface area contributed by atoms with Gasteiger partial charge in [0, 0.05) is 15.7 Å². The smallest absolute Gasteiger partial charge is 0.153 e. The predicted octanol–water partition coefficient (Wildman–Crippen LogP) is 4.44. The van der Waals surface area contributed by atoms with E-state index in [1.807, 2.05) is 32.0 Å². The fraction of sp³-hybridized carbons (Fsp3) is 0.154. The molecular weight excluding hydrogens is 314 g/mol. The van der Waals surface area contributed by atoms with Gasteiger partial charge < -0.3 is 11.1 Å². The zero-order valence-electron chi connectivity index (χ0n) is 10.1. The second-order valence-corrected chi connectivity index (χ2v) is 5.36. The summed E-state index contributed by atoms with van der Waals surface area (Å²) in [4.78, 5) is 4.23. The monoisotopic (exact) mass is 325 g/mol. The summed E-state index contributed by atoms with van der Waals surface area (Å²) in [5.74, 6) is 0.635. The molecule has 0 amide bonds. The first kappa shape index (κ1) is 13.2. The van der Waals surface area contributed by atoms with Crippen LogP contribution in [0.1, 0.15) is 11.1 Å². The van der Waals surface area contributed by atoms with Gasteiger partial charge in [0.2, 0.25) is 0 Å². The number of nitrogens with zero attached hydrogens (tertiary/aromatic N) is 1. The van der Waals surface area contributed by atoms with Crippen LogP contribution in [0.15, 0.2) is 28.9 Å². The Labute approximate surface area is 119 Å². The van der Waals surface area contributed by atoms with E-state index in [-0.39, 0.29) is 0 Å². The van der Waals surface area contributed by atoms with Crippen LogP contribution in [0.5, 0.6) is 0 Å². The molecule has 2 aromatic rings. The quantitative estimate of drug-likeness (QED) is 0.857. The first-order valence-electron chi connectivity index (χ1n) is 5.43. The molecule has 1 aromatic heterocycles. The van der Waals surface area contributed by atoms with Gasteiger partial charge in [-0.3, -0.25) is 0 Å². The summed E-state index contributed by atoms with van der Waals surface area (Å²) in [6.45, 7) is 3.90. The van der Waals surface area contributed by atoms with Crippen molar-refractivity contribution < 1.29 is 0 Å². The summed E-state index contributed by atoms with van der Waals surface area (Å²) in [6, 6.07) is 5.68. The molecule has 0 aliphatic rings. The Hall–Kier alpha value is -1.26. The zero-order valence-corrected chi connectivity index (χ0v) is 12.4. The Morgan fingerprint density at radius 1 is 1.28 bits per heavy atom. The second-order valence-electron chi connectivity index (χ2n) is 4.10. The van der Waals surface area contributed by atoms with Crippen molar-refractivity contribution in [3.05, 3.63) is 45.0 Å². The minimum absolute atomic E-state index is 0.635. The van der Waals surface area contributed by atoms with Crippen LogP contribution >= 0.6 is 27.5 Å². The lowest BCUT2D eigenvalue weighted by Crippen LogP contribution is -2.01. The Morgan fingerprint density at radius 2 is 2.00 bits per heavy atom. The molecule has 94 valence electrons. The van der Waals surface area contributed by atoms with Gasteiger partial charge >= 0.3 is 0 Å². The number of nitrogens with two attached hydrogens (primary N) is 1. The van der Waals surface area contributed by atoms with Crippen molar-refractivity contribution in [1.29, 1.82) is 0 Å². The van der Waals surface area contributed by atoms with Crippen molar-refractivity contribution in [3.63, 3.8) is 0 Å². The molecule has 0 atom stereocenters. The standard InChI is InChI=1S/C13H13BrClN3/c1-7-3-4-17-13(12(7)16)18-11-6-10(15)8(2)5-9(11)14/h3-6H,16H2,1-2H3,(H,17,18). The number of rotatable bonds is 2. The summed E-state index contributed by atoms with van der Waals surface area (Å²) in [5, 5.41) is 3.88. The molecule has 0 aliphatic carbocycles. The average Bonchev–Trinajstić information content (AvgIpc) is 2.32. The molecule has 0 saturated carbocycles. The fourth-order valence-electron chi connectivity index (χ4n) is 1.54. The lowest BCUT2D eigenvalue weighted by atomic mass is 10.2.